The normalized spacial score (nSPS) is 11.2. The van der Waals surface area contributed by atoms with Gasteiger partial charge in [0.05, 0.1) is 6.16 Å². The molecule has 0 aliphatic rings. The van der Waals surface area contributed by atoms with Gasteiger partial charge in [-0.25, -0.2) is 0 Å². The van der Waals surface area contributed by atoms with Crippen molar-refractivity contribution in [2.45, 2.75) is 26.9 Å². The molecule has 0 aliphatic carbocycles. The van der Waals surface area contributed by atoms with Crippen LogP contribution in [0.3, 0.4) is 0 Å². The van der Waals surface area contributed by atoms with Gasteiger partial charge in [-0.2, -0.15) is 0 Å². The number of halogens is 3. The number of hydrogen-bond donors (Lipinski definition) is 0. The summed E-state index contributed by atoms with van der Waals surface area (Å²) in [5.74, 6) is 0. The van der Waals surface area contributed by atoms with Crippen molar-refractivity contribution in [1.82, 2.24) is 0 Å². The number of hydrogen-bond acceptors (Lipinski definition) is 0. The lowest BCUT2D eigenvalue weighted by Gasteiger charge is -2.28. The van der Waals surface area contributed by atoms with Gasteiger partial charge in [0, 0.05) is 15.6 Å². The molecular formula is C28H26Cl3P. The predicted octanol–water partition coefficient (Wildman–Crippen LogP) is 4.42. The van der Waals surface area contributed by atoms with E-state index in [1.165, 1.54) is 32.6 Å². The van der Waals surface area contributed by atoms with Gasteiger partial charge in [0.15, 0.2) is 0 Å². The Morgan fingerprint density at radius 2 is 0.938 bits per heavy atom. The van der Waals surface area contributed by atoms with Crippen molar-refractivity contribution in [3.8, 4) is 0 Å². The average Bonchev–Trinajstić information content (AvgIpc) is 2.76. The molecule has 0 aromatic heterocycles. The second kappa shape index (κ2) is 10.4. The molecule has 0 N–H and O–H groups in total. The molecule has 164 valence electrons. The molecule has 0 nitrogen and oxygen atoms in total. The molecule has 0 saturated heterocycles. The monoisotopic (exact) mass is 498 g/mol. The van der Waals surface area contributed by atoms with E-state index in [1.807, 2.05) is 12.1 Å². The molecule has 0 radical (unpaired) electrons. The maximum Gasteiger partial charge on any atom is 0.116 e. The SMILES string of the molecule is Cc1ccc([P+](Cc2ccc(Cl)cc2Cl)(c2ccc(C)cc2)c2ccc(C)cc2)cc1.[Cl-]. The van der Waals surface area contributed by atoms with Crippen LogP contribution < -0.4 is 28.3 Å². The lowest BCUT2D eigenvalue weighted by molar-refractivity contribution is -0.00000612. The van der Waals surface area contributed by atoms with Gasteiger partial charge in [0.25, 0.3) is 0 Å². The van der Waals surface area contributed by atoms with E-state index >= 15 is 0 Å². The van der Waals surface area contributed by atoms with Crippen LogP contribution >= 0.6 is 30.5 Å². The summed E-state index contributed by atoms with van der Waals surface area (Å²) in [4.78, 5) is 0. The van der Waals surface area contributed by atoms with Crippen molar-refractivity contribution in [3.63, 3.8) is 0 Å². The molecule has 0 amide bonds. The zero-order valence-electron chi connectivity index (χ0n) is 18.4. The minimum Gasteiger partial charge on any atom is -1.00 e. The van der Waals surface area contributed by atoms with Crippen molar-refractivity contribution in [2.24, 2.45) is 0 Å². The molecular weight excluding hydrogens is 474 g/mol. The predicted molar refractivity (Wildman–Crippen MR) is 140 cm³/mol. The van der Waals surface area contributed by atoms with E-state index in [1.54, 1.807) is 0 Å². The Hall–Kier alpha value is -1.82. The largest absolute Gasteiger partial charge is 1.00 e. The summed E-state index contributed by atoms with van der Waals surface area (Å²) in [6.45, 7) is 6.41. The first-order valence-electron chi connectivity index (χ1n) is 10.4. The molecule has 4 aromatic carbocycles. The zero-order chi connectivity index (χ0) is 22.0. The lowest BCUT2D eigenvalue weighted by atomic mass is 10.2. The molecule has 32 heavy (non-hydrogen) atoms. The van der Waals surface area contributed by atoms with Gasteiger partial charge in [-0.3, -0.25) is 0 Å². The van der Waals surface area contributed by atoms with Crippen LogP contribution in [0.5, 0.6) is 0 Å². The topological polar surface area (TPSA) is 0 Å². The van der Waals surface area contributed by atoms with E-state index in [-0.39, 0.29) is 12.4 Å². The fourth-order valence-corrected chi connectivity index (χ4v) is 8.80. The van der Waals surface area contributed by atoms with Crippen LogP contribution in [0, 0.1) is 20.8 Å². The first kappa shape index (κ1) is 24.8. The maximum absolute atomic E-state index is 6.71. The third-order valence-electron chi connectivity index (χ3n) is 5.85. The minimum atomic E-state index is -2.00. The third kappa shape index (κ3) is 5.05. The van der Waals surface area contributed by atoms with Gasteiger partial charge >= 0.3 is 0 Å². The van der Waals surface area contributed by atoms with E-state index in [4.69, 9.17) is 23.2 Å². The number of aryl methyl sites for hydroxylation is 3. The Bertz CT molecular complexity index is 1070. The van der Waals surface area contributed by atoms with Crippen LogP contribution in [0.1, 0.15) is 22.3 Å². The lowest BCUT2D eigenvalue weighted by Crippen LogP contribution is -3.00. The first-order valence-corrected chi connectivity index (χ1v) is 13.2. The van der Waals surface area contributed by atoms with E-state index < -0.39 is 7.26 Å². The van der Waals surface area contributed by atoms with Crippen molar-refractivity contribution in [1.29, 1.82) is 0 Å². The zero-order valence-corrected chi connectivity index (χ0v) is 21.6. The Balaban J connectivity index is 0.00000289. The molecule has 0 saturated carbocycles. The molecule has 0 unspecified atom stereocenters. The van der Waals surface area contributed by atoms with Gasteiger partial charge < -0.3 is 12.4 Å². The van der Waals surface area contributed by atoms with Gasteiger partial charge in [-0.15, -0.1) is 0 Å². The summed E-state index contributed by atoms with van der Waals surface area (Å²) in [6, 6.07) is 33.0. The van der Waals surface area contributed by atoms with Crippen molar-refractivity contribution in [2.75, 3.05) is 0 Å². The highest BCUT2D eigenvalue weighted by Crippen LogP contribution is 2.59. The second-order valence-corrected chi connectivity index (χ2v) is 12.5. The highest BCUT2D eigenvalue weighted by atomic mass is 35.5. The van der Waals surface area contributed by atoms with E-state index in [0.717, 1.165) is 16.7 Å². The fourth-order valence-electron chi connectivity index (χ4n) is 4.02. The molecule has 0 bridgehead atoms. The van der Waals surface area contributed by atoms with Gasteiger partial charge in [0.1, 0.15) is 23.2 Å². The third-order valence-corrected chi connectivity index (χ3v) is 10.8. The fraction of sp³-hybridized carbons (Fsp3) is 0.143. The van der Waals surface area contributed by atoms with Crippen molar-refractivity contribution >= 4 is 46.4 Å². The Labute approximate surface area is 208 Å². The van der Waals surface area contributed by atoms with Crippen molar-refractivity contribution < 1.29 is 12.4 Å². The number of benzene rings is 4. The molecule has 4 rings (SSSR count). The van der Waals surface area contributed by atoms with Crippen LogP contribution in [0.25, 0.3) is 0 Å². The second-order valence-electron chi connectivity index (χ2n) is 8.21. The Kier molecular flexibility index (Phi) is 8.07. The standard InChI is InChI=1S/C28H26Cl2P.ClH/c1-20-4-12-25(13-5-20)31(26-14-6-21(2)7-15-26,27-16-8-22(3)9-17-27)19-23-10-11-24(29)18-28(23)30;/h4-18H,19H2,1-3H3;1H/q+1;/p-1. The van der Waals surface area contributed by atoms with Gasteiger partial charge in [0.2, 0.25) is 0 Å². The average molecular weight is 500 g/mol. The summed E-state index contributed by atoms with van der Waals surface area (Å²) in [5.41, 5.74) is 4.92. The molecule has 0 heterocycles. The van der Waals surface area contributed by atoms with Gasteiger partial charge in [-0.1, -0.05) is 82.4 Å². The van der Waals surface area contributed by atoms with E-state index in [0.29, 0.717) is 5.02 Å². The smallest absolute Gasteiger partial charge is 0.116 e. The summed E-state index contributed by atoms with van der Waals surface area (Å²) >= 11 is 12.9. The van der Waals surface area contributed by atoms with Crippen LogP contribution in [-0.4, -0.2) is 0 Å². The quantitative estimate of drug-likeness (QED) is 0.357. The van der Waals surface area contributed by atoms with Crippen molar-refractivity contribution in [3.05, 3.63) is 123 Å². The highest BCUT2D eigenvalue weighted by Gasteiger charge is 2.45. The summed E-state index contributed by atoms with van der Waals surface area (Å²) in [7, 11) is -2.00. The molecule has 4 heteroatoms. The molecule has 4 aromatic rings. The Morgan fingerprint density at radius 3 is 1.28 bits per heavy atom. The summed E-state index contributed by atoms with van der Waals surface area (Å²) in [6.07, 6.45) is 0.845. The van der Waals surface area contributed by atoms with E-state index in [9.17, 15) is 0 Å². The van der Waals surface area contributed by atoms with E-state index in [2.05, 4.69) is 99.6 Å². The van der Waals surface area contributed by atoms with Crippen LogP contribution in [0.15, 0.2) is 91.0 Å². The molecule has 0 fully saturated rings. The first-order chi connectivity index (χ1) is 14.9. The molecule has 0 spiro atoms. The summed E-state index contributed by atoms with van der Waals surface area (Å²) < 4.78 is 0. The van der Waals surface area contributed by atoms with Crippen LogP contribution in [0.2, 0.25) is 10.0 Å². The van der Waals surface area contributed by atoms with Crippen LogP contribution in [0.4, 0.5) is 0 Å². The number of rotatable bonds is 5. The maximum atomic E-state index is 6.71. The summed E-state index contributed by atoms with van der Waals surface area (Å²) in [5, 5.41) is 5.47. The van der Waals surface area contributed by atoms with Gasteiger partial charge in [-0.05, 0) is 69.3 Å². The highest BCUT2D eigenvalue weighted by molar-refractivity contribution is 7.95. The Morgan fingerprint density at radius 1 is 0.562 bits per heavy atom. The molecule has 0 atom stereocenters. The van der Waals surface area contributed by atoms with Crippen LogP contribution in [-0.2, 0) is 6.16 Å². The minimum absolute atomic E-state index is 0. The molecule has 0 aliphatic heterocycles.